The van der Waals surface area contributed by atoms with Crippen LogP contribution in [-0.4, -0.2) is 150 Å². The number of nitrogens with zero attached hydrogens (tertiary/aromatic N) is 2. The van der Waals surface area contributed by atoms with Gasteiger partial charge in [0.25, 0.3) is 0 Å². The minimum atomic E-state index is -1.87. The predicted molar refractivity (Wildman–Crippen MR) is 208 cm³/mol. The van der Waals surface area contributed by atoms with Crippen LogP contribution in [0.25, 0.3) is 22.2 Å². The number of aromatic nitrogens is 1. The number of carbonyl (C=O) groups is 2. The van der Waals surface area contributed by atoms with E-state index in [2.05, 4.69) is 9.47 Å². The van der Waals surface area contributed by atoms with Gasteiger partial charge in [-0.3, -0.25) is 4.90 Å². The van der Waals surface area contributed by atoms with Gasteiger partial charge in [-0.15, -0.1) is 0 Å². The molecule has 4 heterocycles. The number of aliphatic hydroxyl groups excluding tert-OH is 6. The monoisotopic (exact) mass is 822 g/mol. The van der Waals surface area contributed by atoms with Crippen molar-refractivity contribution in [3.05, 3.63) is 77.9 Å². The summed E-state index contributed by atoms with van der Waals surface area (Å²) in [5.41, 5.74) is 4.10. The summed E-state index contributed by atoms with van der Waals surface area (Å²) < 4.78 is 30.2. The Labute approximate surface area is 339 Å². The summed E-state index contributed by atoms with van der Waals surface area (Å²) in [5, 5.41) is 81.8. The molecular formula is C42H50N2O15. The molecular weight excluding hydrogens is 772 g/mol. The molecule has 0 spiro atoms. The molecule has 3 aliphatic heterocycles. The topological polar surface area (TPSA) is 250 Å². The van der Waals surface area contributed by atoms with Crippen molar-refractivity contribution in [1.29, 1.82) is 0 Å². The number of aryl methyl sites for hydroxylation is 1. The quantitative estimate of drug-likeness (QED) is 0.0951. The van der Waals surface area contributed by atoms with Gasteiger partial charge >= 0.3 is 11.9 Å². The minimum absolute atomic E-state index is 0.196. The SMILES string of the molecule is Cc1c(-c2ccc(O[C@@H]3[C@@H](O)[C@H](O)[C@@H](C(=O)O)O[C@H]3O)cc2)n(Cc2ccc(OCCN3CCCCCC3)cc2)c2ccc(O[C@@H]3O[C@H](C(=O)O)[C@@H](O)[C@H](O)[C@H]3O)cc12. The van der Waals surface area contributed by atoms with Crippen LogP contribution >= 0.6 is 0 Å². The van der Waals surface area contributed by atoms with Gasteiger partial charge in [0, 0.05) is 24.0 Å². The molecule has 3 aromatic carbocycles. The highest BCUT2D eigenvalue weighted by atomic mass is 16.7. The van der Waals surface area contributed by atoms with Gasteiger partial charge in [-0.1, -0.05) is 25.0 Å². The molecule has 17 heteroatoms. The van der Waals surface area contributed by atoms with Crippen LogP contribution in [0.2, 0.25) is 0 Å². The average Bonchev–Trinajstić information content (AvgIpc) is 3.34. The largest absolute Gasteiger partial charge is 0.492 e. The van der Waals surface area contributed by atoms with Crippen molar-refractivity contribution in [1.82, 2.24) is 9.47 Å². The molecule has 1 aromatic heterocycles. The fourth-order valence-electron chi connectivity index (χ4n) is 7.95. The Balaban J connectivity index is 1.15. The summed E-state index contributed by atoms with van der Waals surface area (Å²) in [5.74, 6) is -1.92. The highest BCUT2D eigenvalue weighted by Crippen LogP contribution is 2.38. The van der Waals surface area contributed by atoms with E-state index in [-0.39, 0.29) is 11.5 Å². The number of hydrogen-bond acceptors (Lipinski definition) is 14. The Kier molecular flexibility index (Phi) is 13.1. The summed E-state index contributed by atoms with van der Waals surface area (Å²) >= 11 is 0. The molecule has 0 unspecified atom stereocenters. The number of benzene rings is 3. The fraction of sp³-hybridized carbons (Fsp3) is 0.476. The summed E-state index contributed by atoms with van der Waals surface area (Å²) in [4.78, 5) is 25.5. The zero-order valence-electron chi connectivity index (χ0n) is 32.3. The van der Waals surface area contributed by atoms with Gasteiger partial charge in [0.15, 0.2) is 24.6 Å². The zero-order valence-corrected chi connectivity index (χ0v) is 32.3. The summed E-state index contributed by atoms with van der Waals surface area (Å²) in [6.07, 6.45) is -12.7. The Morgan fingerprint density at radius 2 is 1.31 bits per heavy atom. The smallest absolute Gasteiger partial charge is 0.335 e. The zero-order chi connectivity index (χ0) is 42.0. The number of carboxylic acids is 2. The van der Waals surface area contributed by atoms with Gasteiger partial charge in [-0.2, -0.15) is 0 Å². The molecule has 3 fully saturated rings. The van der Waals surface area contributed by atoms with E-state index in [1.165, 1.54) is 25.7 Å². The lowest BCUT2D eigenvalue weighted by Gasteiger charge is -2.38. The fourth-order valence-corrected chi connectivity index (χ4v) is 7.95. The molecule has 0 saturated carbocycles. The summed E-state index contributed by atoms with van der Waals surface area (Å²) in [6.45, 7) is 5.96. The average molecular weight is 823 g/mol. The first-order chi connectivity index (χ1) is 28.3. The Morgan fingerprint density at radius 1 is 0.695 bits per heavy atom. The van der Waals surface area contributed by atoms with Gasteiger partial charge in [-0.25, -0.2) is 9.59 Å². The van der Waals surface area contributed by atoms with Crippen LogP contribution in [0, 0.1) is 6.92 Å². The van der Waals surface area contributed by atoms with E-state index in [4.69, 9.17) is 23.7 Å². The van der Waals surface area contributed by atoms with E-state index in [0.29, 0.717) is 13.2 Å². The lowest BCUT2D eigenvalue weighted by Crippen LogP contribution is -2.61. The number of hydrogen-bond donors (Lipinski definition) is 8. The third-order valence-electron chi connectivity index (χ3n) is 11.2. The van der Waals surface area contributed by atoms with Gasteiger partial charge in [0.1, 0.15) is 54.4 Å². The van der Waals surface area contributed by atoms with Gasteiger partial charge in [0.2, 0.25) is 6.29 Å². The maximum atomic E-state index is 11.7. The molecule has 3 saturated heterocycles. The summed E-state index contributed by atoms with van der Waals surface area (Å²) in [6, 6.07) is 19.7. The first-order valence-electron chi connectivity index (χ1n) is 19.7. The van der Waals surface area contributed by atoms with Crippen molar-refractivity contribution in [3.63, 3.8) is 0 Å². The predicted octanol–water partition coefficient (Wildman–Crippen LogP) is 1.46. The molecule has 7 rings (SSSR count). The van der Waals surface area contributed by atoms with Crippen molar-refractivity contribution in [2.45, 2.75) is 101 Å². The molecule has 8 N–H and O–H groups in total. The maximum Gasteiger partial charge on any atom is 0.335 e. The van der Waals surface area contributed by atoms with Crippen LogP contribution in [0.5, 0.6) is 17.2 Å². The normalized spacial score (nSPS) is 29.1. The second kappa shape index (κ2) is 18.2. The molecule has 3 aliphatic rings. The molecule has 0 bridgehead atoms. The standard InChI is InChI=1S/C42H50N2O15/c1-22-28-20-27(57-42-35(49)31(45)32(46)37(59-42)40(52)53)14-15-29(28)44(21-23-6-10-25(11-7-23)55-19-18-43-16-4-2-3-5-17-43)30(22)24-8-12-26(13-9-24)56-38-34(48)33(47)36(39(50)51)58-41(38)54/h6-15,20,31-38,41-42,45-49,54H,2-5,16-19,21H2,1H3,(H,50,51)(H,52,53)/t31-,32-,33-,34-,35+,36-,37-,38+,41+,42+/m0/s1. The van der Waals surface area contributed by atoms with Gasteiger partial charge in [-0.05, 0) is 104 Å². The molecule has 17 nitrogen and oxygen atoms in total. The number of ether oxygens (including phenoxy) is 5. The molecule has 0 aliphatic carbocycles. The van der Waals surface area contributed by atoms with Crippen LogP contribution in [0.4, 0.5) is 0 Å². The molecule has 0 radical (unpaired) electrons. The van der Waals surface area contributed by atoms with Gasteiger partial charge < -0.3 is 69.1 Å². The minimum Gasteiger partial charge on any atom is -0.492 e. The number of carboxylic acid groups (broad SMARTS) is 2. The Hall–Kier alpha value is -4.82. The summed E-state index contributed by atoms with van der Waals surface area (Å²) in [7, 11) is 0. The van der Waals surface area contributed by atoms with Crippen molar-refractivity contribution < 1.29 is 74.1 Å². The van der Waals surface area contributed by atoms with Crippen molar-refractivity contribution in [3.8, 4) is 28.5 Å². The van der Waals surface area contributed by atoms with Crippen LogP contribution in [0.1, 0.15) is 36.8 Å². The third-order valence-corrected chi connectivity index (χ3v) is 11.2. The number of fused-ring (bicyclic) bond motifs is 1. The first kappa shape index (κ1) is 42.3. The highest BCUT2D eigenvalue weighted by molar-refractivity contribution is 5.92. The van der Waals surface area contributed by atoms with Crippen molar-refractivity contribution >= 4 is 22.8 Å². The number of aliphatic hydroxyl groups is 6. The van der Waals surface area contributed by atoms with E-state index < -0.39 is 73.4 Å². The van der Waals surface area contributed by atoms with E-state index in [0.717, 1.165) is 58.7 Å². The van der Waals surface area contributed by atoms with E-state index in [1.807, 2.05) is 31.2 Å². The maximum absolute atomic E-state index is 11.7. The molecule has 10 atom stereocenters. The lowest BCUT2D eigenvalue weighted by molar-refractivity contribution is -0.274. The van der Waals surface area contributed by atoms with E-state index >= 15 is 0 Å². The highest BCUT2D eigenvalue weighted by Gasteiger charge is 2.49. The number of aliphatic carboxylic acids is 2. The molecule has 0 amide bonds. The Bertz CT molecular complexity index is 2070. The number of rotatable bonds is 13. The molecule has 4 aromatic rings. The van der Waals surface area contributed by atoms with Crippen LogP contribution in [-0.2, 0) is 25.6 Å². The van der Waals surface area contributed by atoms with E-state index in [1.54, 1.807) is 42.5 Å². The van der Waals surface area contributed by atoms with Crippen molar-refractivity contribution in [2.75, 3.05) is 26.2 Å². The van der Waals surface area contributed by atoms with Crippen LogP contribution in [0.3, 0.4) is 0 Å². The van der Waals surface area contributed by atoms with E-state index in [9.17, 15) is 50.4 Å². The molecule has 318 valence electrons. The molecule has 59 heavy (non-hydrogen) atoms. The van der Waals surface area contributed by atoms with Gasteiger partial charge in [0.05, 0.1) is 5.69 Å². The Morgan fingerprint density at radius 3 is 1.97 bits per heavy atom. The number of likely N-dealkylation sites (tertiary alicyclic amines) is 1. The third kappa shape index (κ3) is 9.18. The van der Waals surface area contributed by atoms with Crippen molar-refractivity contribution in [2.24, 2.45) is 0 Å². The first-order valence-corrected chi connectivity index (χ1v) is 19.7. The lowest BCUT2D eigenvalue weighted by atomic mass is 9.98. The second-order valence-electron chi connectivity index (χ2n) is 15.2. The van der Waals surface area contributed by atoms with Crippen LogP contribution in [0.15, 0.2) is 66.7 Å². The second-order valence-corrected chi connectivity index (χ2v) is 15.2. The van der Waals surface area contributed by atoms with Crippen LogP contribution < -0.4 is 14.2 Å².